The Morgan fingerprint density at radius 1 is 1.43 bits per heavy atom. The van der Waals surface area contributed by atoms with Crippen molar-refractivity contribution in [2.45, 2.75) is 12.5 Å². The first kappa shape index (κ1) is 13.4. The van der Waals surface area contributed by atoms with Crippen LogP contribution in [0.5, 0.6) is 0 Å². The second kappa shape index (κ2) is 5.95. The van der Waals surface area contributed by atoms with Gasteiger partial charge in [-0.05, 0) is 14.0 Å². The summed E-state index contributed by atoms with van der Waals surface area (Å²) >= 11 is 0. The fourth-order valence-electron chi connectivity index (χ4n) is 1.09. The van der Waals surface area contributed by atoms with Gasteiger partial charge in [0.1, 0.15) is 5.54 Å². The predicted octanol–water partition coefficient (Wildman–Crippen LogP) is 0.0543. The normalized spacial score (nSPS) is 15.5. The molecule has 0 amide bonds. The summed E-state index contributed by atoms with van der Waals surface area (Å²) in [5.74, 6) is -0.891. The van der Waals surface area contributed by atoms with Crippen LogP contribution in [0.15, 0.2) is 0 Å². The molecule has 1 unspecified atom stereocenters. The van der Waals surface area contributed by atoms with E-state index in [0.29, 0.717) is 13.2 Å². The van der Waals surface area contributed by atoms with Crippen LogP contribution in [-0.4, -0.2) is 62.5 Å². The molecule has 84 valence electrons. The summed E-state index contributed by atoms with van der Waals surface area (Å²) in [4.78, 5) is 12.8. The third-order valence-corrected chi connectivity index (χ3v) is 2.36. The second-order valence-corrected chi connectivity index (χ2v) is 3.43. The molecule has 0 aliphatic rings. The average molecular weight is 205 g/mol. The number of methoxy groups -OCH3 is 2. The summed E-state index contributed by atoms with van der Waals surface area (Å²) in [7, 11) is 4.82. The lowest BCUT2D eigenvalue weighted by Gasteiger charge is -2.34. The van der Waals surface area contributed by atoms with Gasteiger partial charge in [0.05, 0.1) is 13.2 Å². The minimum absolute atomic E-state index is 0.155. The highest BCUT2D eigenvalue weighted by Gasteiger charge is 2.37. The van der Waals surface area contributed by atoms with Gasteiger partial charge in [0, 0.05) is 20.8 Å². The molecule has 0 radical (unpaired) electrons. The second-order valence-electron chi connectivity index (χ2n) is 3.43. The van der Waals surface area contributed by atoms with Crippen molar-refractivity contribution in [3.05, 3.63) is 0 Å². The minimum atomic E-state index is -0.993. The van der Waals surface area contributed by atoms with Gasteiger partial charge < -0.3 is 14.6 Å². The lowest BCUT2D eigenvalue weighted by atomic mass is 10.0. The van der Waals surface area contributed by atoms with Gasteiger partial charge in [0.25, 0.3) is 0 Å². The maximum absolute atomic E-state index is 11.1. The maximum Gasteiger partial charge on any atom is 0.326 e. The smallest absolute Gasteiger partial charge is 0.326 e. The minimum Gasteiger partial charge on any atom is -0.480 e. The van der Waals surface area contributed by atoms with Gasteiger partial charge in [-0.1, -0.05) is 0 Å². The van der Waals surface area contributed by atoms with Gasteiger partial charge in [-0.25, -0.2) is 0 Å². The van der Waals surface area contributed by atoms with Crippen LogP contribution in [0.4, 0.5) is 0 Å². The summed E-state index contributed by atoms with van der Waals surface area (Å²) in [5, 5.41) is 9.07. The van der Waals surface area contributed by atoms with Crippen molar-refractivity contribution in [3.8, 4) is 0 Å². The zero-order valence-electron chi connectivity index (χ0n) is 9.24. The molecule has 0 fully saturated rings. The standard InChI is InChI=1S/C9H19NO4/c1-9(7-14-4,8(11)12)10(2)5-6-13-3/h5-7H2,1-4H3,(H,11,12). The fourth-order valence-corrected chi connectivity index (χ4v) is 1.09. The van der Waals surface area contributed by atoms with E-state index in [2.05, 4.69) is 0 Å². The number of carbonyl (C=O) groups is 1. The highest BCUT2D eigenvalue weighted by molar-refractivity contribution is 5.78. The molecule has 0 rings (SSSR count). The number of carboxylic acids is 1. The molecule has 5 heteroatoms. The maximum atomic E-state index is 11.1. The number of hydrogen-bond acceptors (Lipinski definition) is 4. The Balaban J connectivity index is 4.39. The van der Waals surface area contributed by atoms with E-state index in [1.165, 1.54) is 7.11 Å². The van der Waals surface area contributed by atoms with Crippen LogP contribution < -0.4 is 0 Å². The third kappa shape index (κ3) is 3.25. The largest absolute Gasteiger partial charge is 0.480 e. The number of hydrogen-bond donors (Lipinski definition) is 1. The highest BCUT2D eigenvalue weighted by atomic mass is 16.5. The molecule has 0 aliphatic carbocycles. The van der Waals surface area contributed by atoms with Crippen LogP contribution in [0.1, 0.15) is 6.92 Å². The van der Waals surface area contributed by atoms with Crippen LogP contribution >= 0.6 is 0 Å². The van der Waals surface area contributed by atoms with Crippen molar-refractivity contribution in [1.82, 2.24) is 4.90 Å². The Morgan fingerprint density at radius 2 is 2.00 bits per heavy atom. The molecule has 0 aromatic rings. The molecule has 0 aliphatic heterocycles. The number of ether oxygens (including phenoxy) is 2. The van der Waals surface area contributed by atoms with E-state index in [4.69, 9.17) is 14.6 Å². The molecule has 14 heavy (non-hydrogen) atoms. The Hall–Kier alpha value is -0.650. The van der Waals surface area contributed by atoms with Crippen molar-refractivity contribution in [2.24, 2.45) is 0 Å². The summed E-state index contributed by atoms with van der Waals surface area (Å²) in [6.45, 7) is 2.85. The molecular weight excluding hydrogens is 186 g/mol. The summed E-state index contributed by atoms with van der Waals surface area (Å²) in [5.41, 5.74) is -0.993. The lowest BCUT2D eigenvalue weighted by molar-refractivity contribution is -0.153. The summed E-state index contributed by atoms with van der Waals surface area (Å²) < 4.78 is 9.80. The van der Waals surface area contributed by atoms with E-state index in [-0.39, 0.29) is 6.61 Å². The zero-order chi connectivity index (χ0) is 11.2. The van der Waals surface area contributed by atoms with Crippen LogP contribution in [0.3, 0.4) is 0 Å². The first-order chi connectivity index (χ1) is 6.49. The highest BCUT2D eigenvalue weighted by Crippen LogP contribution is 2.13. The van der Waals surface area contributed by atoms with Crippen molar-refractivity contribution in [2.75, 3.05) is 41.0 Å². The van der Waals surface area contributed by atoms with Gasteiger partial charge in [-0.2, -0.15) is 0 Å². The Bertz CT molecular complexity index is 186. The van der Waals surface area contributed by atoms with Crippen molar-refractivity contribution in [1.29, 1.82) is 0 Å². The molecule has 1 N–H and O–H groups in total. The first-order valence-electron chi connectivity index (χ1n) is 4.41. The predicted molar refractivity (Wildman–Crippen MR) is 52.4 cm³/mol. The van der Waals surface area contributed by atoms with Gasteiger partial charge >= 0.3 is 5.97 Å². The molecule has 0 heterocycles. The van der Waals surface area contributed by atoms with E-state index >= 15 is 0 Å². The Morgan fingerprint density at radius 3 is 2.36 bits per heavy atom. The average Bonchev–Trinajstić information content (AvgIpc) is 2.14. The topological polar surface area (TPSA) is 59.0 Å². The Labute approximate surface area is 84.6 Å². The van der Waals surface area contributed by atoms with E-state index in [1.54, 1.807) is 26.0 Å². The number of likely N-dealkylation sites (N-methyl/N-ethyl adjacent to an activating group) is 1. The zero-order valence-corrected chi connectivity index (χ0v) is 9.24. The molecule has 0 saturated heterocycles. The number of carboxylic acid groups (broad SMARTS) is 1. The molecule has 5 nitrogen and oxygen atoms in total. The SMILES string of the molecule is COCCN(C)C(C)(COC)C(=O)O. The van der Waals surface area contributed by atoms with Crippen molar-refractivity contribution < 1.29 is 19.4 Å². The third-order valence-electron chi connectivity index (χ3n) is 2.36. The van der Waals surface area contributed by atoms with E-state index in [9.17, 15) is 4.79 Å². The number of rotatable bonds is 7. The van der Waals surface area contributed by atoms with Gasteiger partial charge in [0.15, 0.2) is 0 Å². The molecule has 1 atom stereocenters. The number of aliphatic carboxylic acids is 1. The summed E-state index contributed by atoms with van der Waals surface area (Å²) in [6.07, 6.45) is 0. The van der Waals surface area contributed by atoms with E-state index < -0.39 is 11.5 Å². The van der Waals surface area contributed by atoms with Gasteiger partial charge in [0.2, 0.25) is 0 Å². The lowest BCUT2D eigenvalue weighted by Crippen LogP contribution is -2.54. The molecule has 0 saturated carbocycles. The Kier molecular flexibility index (Phi) is 5.68. The van der Waals surface area contributed by atoms with Crippen LogP contribution in [0.2, 0.25) is 0 Å². The first-order valence-corrected chi connectivity index (χ1v) is 4.41. The van der Waals surface area contributed by atoms with Crippen LogP contribution in [0.25, 0.3) is 0 Å². The van der Waals surface area contributed by atoms with Crippen molar-refractivity contribution >= 4 is 5.97 Å². The quantitative estimate of drug-likeness (QED) is 0.636. The van der Waals surface area contributed by atoms with E-state index in [1.807, 2.05) is 0 Å². The molecule has 0 bridgehead atoms. The molecule has 0 aromatic heterocycles. The monoisotopic (exact) mass is 205 g/mol. The molecule has 0 spiro atoms. The number of nitrogens with zero attached hydrogens (tertiary/aromatic N) is 1. The van der Waals surface area contributed by atoms with E-state index in [0.717, 1.165) is 0 Å². The van der Waals surface area contributed by atoms with Crippen LogP contribution in [-0.2, 0) is 14.3 Å². The summed E-state index contributed by atoms with van der Waals surface area (Å²) in [6, 6.07) is 0. The van der Waals surface area contributed by atoms with Crippen LogP contribution in [0, 0.1) is 0 Å². The van der Waals surface area contributed by atoms with Gasteiger partial charge in [-0.3, -0.25) is 9.69 Å². The molecule has 0 aromatic carbocycles. The van der Waals surface area contributed by atoms with Crippen molar-refractivity contribution in [3.63, 3.8) is 0 Å². The fraction of sp³-hybridized carbons (Fsp3) is 0.889. The van der Waals surface area contributed by atoms with Gasteiger partial charge in [-0.15, -0.1) is 0 Å². The molecular formula is C9H19NO4.